The van der Waals surface area contributed by atoms with Gasteiger partial charge >= 0.3 is 6.03 Å². The van der Waals surface area contributed by atoms with Crippen molar-refractivity contribution < 1.29 is 4.79 Å². The number of anilines is 1. The number of nitrogens with zero attached hydrogens (tertiary/aromatic N) is 2. The van der Waals surface area contributed by atoms with E-state index in [-0.39, 0.29) is 6.03 Å². The topological polar surface area (TPSA) is 56.1 Å². The second-order valence-electron chi connectivity index (χ2n) is 4.50. The summed E-state index contributed by atoms with van der Waals surface area (Å²) < 4.78 is 0. The minimum atomic E-state index is -0.164. The molecule has 0 aliphatic carbocycles. The van der Waals surface area contributed by atoms with Gasteiger partial charge in [-0.05, 0) is 48.2 Å². The van der Waals surface area contributed by atoms with Crippen molar-refractivity contribution in [2.24, 2.45) is 0 Å². The number of carbonyl (C=O) groups excluding carboxylic acids is 1. The molecule has 0 fully saturated rings. The summed E-state index contributed by atoms with van der Waals surface area (Å²) in [6, 6.07) is 10.7. The van der Waals surface area contributed by atoms with Gasteiger partial charge in [-0.2, -0.15) is 5.26 Å². The van der Waals surface area contributed by atoms with Crippen LogP contribution in [0, 0.1) is 18.3 Å². The quantitative estimate of drug-likeness (QED) is 0.937. The van der Waals surface area contributed by atoms with Crippen molar-refractivity contribution in [3.05, 3.63) is 51.7 Å². The number of hydrogen-bond acceptors (Lipinski definition) is 3. The number of rotatable bonds is 3. The molecule has 5 heteroatoms. The van der Waals surface area contributed by atoms with Crippen molar-refractivity contribution in [2.75, 3.05) is 12.4 Å². The number of nitriles is 1. The molecule has 0 aliphatic rings. The van der Waals surface area contributed by atoms with Crippen LogP contribution in [0.4, 0.5) is 10.5 Å². The first-order valence-corrected chi connectivity index (χ1v) is 7.03. The molecule has 102 valence electrons. The largest absolute Gasteiger partial charge is 0.322 e. The highest BCUT2D eigenvalue weighted by Gasteiger charge is 2.11. The van der Waals surface area contributed by atoms with Gasteiger partial charge in [-0.25, -0.2) is 4.79 Å². The maximum Gasteiger partial charge on any atom is 0.321 e. The van der Waals surface area contributed by atoms with Crippen LogP contribution in [0.3, 0.4) is 0 Å². The first kappa shape index (κ1) is 14.1. The third kappa shape index (κ3) is 3.37. The Morgan fingerprint density at radius 1 is 1.35 bits per heavy atom. The van der Waals surface area contributed by atoms with Crippen LogP contribution < -0.4 is 5.32 Å². The van der Waals surface area contributed by atoms with E-state index in [1.54, 1.807) is 47.5 Å². The number of amides is 2. The molecule has 0 atom stereocenters. The highest BCUT2D eigenvalue weighted by Crippen LogP contribution is 2.18. The van der Waals surface area contributed by atoms with Crippen molar-refractivity contribution in [1.82, 2.24) is 4.90 Å². The first-order valence-electron chi connectivity index (χ1n) is 6.15. The summed E-state index contributed by atoms with van der Waals surface area (Å²) in [6.07, 6.45) is 0. The van der Waals surface area contributed by atoms with Gasteiger partial charge in [0.2, 0.25) is 0 Å². The molecule has 0 bridgehead atoms. The van der Waals surface area contributed by atoms with E-state index in [0.717, 1.165) is 0 Å². The Bertz CT molecular complexity index is 640. The van der Waals surface area contributed by atoms with E-state index in [4.69, 9.17) is 5.26 Å². The van der Waals surface area contributed by atoms with Crippen LogP contribution in [0.15, 0.2) is 35.7 Å². The molecule has 0 aliphatic heterocycles. The zero-order valence-corrected chi connectivity index (χ0v) is 12.2. The van der Waals surface area contributed by atoms with E-state index >= 15 is 0 Å². The summed E-state index contributed by atoms with van der Waals surface area (Å²) in [5.74, 6) is 0. The van der Waals surface area contributed by atoms with E-state index in [1.165, 1.54) is 10.4 Å². The molecule has 0 radical (unpaired) electrons. The third-order valence-electron chi connectivity index (χ3n) is 2.96. The van der Waals surface area contributed by atoms with Gasteiger partial charge in [-0.1, -0.05) is 0 Å². The zero-order chi connectivity index (χ0) is 14.5. The number of thiophene rings is 1. The first-order chi connectivity index (χ1) is 9.60. The predicted octanol–water partition coefficient (Wildman–Crippen LogP) is 3.59. The molecule has 1 N–H and O–H groups in total. The summed E-state index contributed by atoms with van der Waals surface area (Å²) in [7, 11) is 1.76. The highest BCUT2D eigenvalue weighted by molar-refractivity contribution is 7.10. The van der Waals surface area contributed by atoms with Crippen LogP contribution in [0.2, 0.25) is 0 Å². The molecule has 4 nitrogen and oxygen atoms in total. The Hall–Kier alpha value is -2.32. The van der Waals surface area contributed by atoms with Crippen molar-refractivity contribution in [3.8, 4) is 6.07 Å². The molecule has 2 aromatic rings. The van der Waals surface area contributed by atoms with Crippen LogP contribution in [0.1, 0.15) is 16.0 Å². The van der Waals surface area contributed by atoms with Gasteiger partial charge in [-0.15, -0.1) is 11.3 Å². The predicted molar refractivity (Wildman–Crippen MR) is 80.7 cm³/mol. The van der Waals surface area contributed by atoms with Gasteiger partial charge in [0.1, 0.15) is 0 Å². The minimum absolute atomic E-state index is 0.164. The SMILES string of the molecule is Cc1ccsc1CN(C)C(=O)Nc1ccc(C#N)cc1. The lowest BCUT2D eigenvalue weighted by Gasteiger charge is -2.17. The highest BCUT2D eigenvalue weighted by atomic mass is 32.1. The molecule has 0 saturated heterocycles. The molecule has 0 unspecified atom stereocenters. The molecule has 2 amide bonds. The number of urea groups is 1. The van der Waals surface area contributed by atoms with Crippen LogP contribution in [0.5, 0.6) is 0 Å². The van der Waals surface area contributed by atoms with Crippen molar-refractivity contribution in [2.45, 2.75) is 13.5 Å². The fourth-order valence-electron chi connectivity index (χ4n) is 1.70. The zero-order valence-electron chi connectivity index (χ0n) is 11.4. The number of carbonyl (C=O) groups is 1. The smallest absolute Gasteiger partial charge is 0.321 e. The normalized spacial score (nSPS) is 9.85. The maximum absolute atomic E-state index is 12.1. The summed E-state index contributed by atoms with van der Waals surface area (Å²) in [5, 5.41) is 13.6. The Balaban J connectivity index is 1.97. The van der Waals surface area contributed by atoms with E-state index < -0.39 is 0 Å². The summed E-state index contributed by atoms with van der Waals surface area (Å²) >= 11 is 1.65. The summed E-state index contributed by atoms with van der Waals surface area (Å²) in [4.78, 5) is 14.9. The average Bonchev–Trinajstić information content (AvgIpc) is 2.85. The average molecular weight is 285 g/mol. The lowest BCUT2D eigenvalue weighted by atomic mass is 10.2. The van der Waals surface area contributed by atoms with Gasteiger partial charge in [0.05, 0.1) is 18.2 Å². The van der Waals surface area contributed by atoms with Crippen LogP contribution in [-0.4, -0.2) is 18.0 Å². The third-order valence-corrected chi connectivity index (χ3v) is 3.97. The van der Waals surface area contributed by atoms with E-state index in [1.807, 2.05) is 24.4 Å². The fourth-order valence-corrected chi connectivity index (χ4v) is 2.66. The fraction of sp³-hybridized carbons (Fsp3) is 0.200. The number of hydrogen-bond donors (Lipinski definition) is 1. The van der Waals surface area contributed by atoms with E-state index in [0.29, 0.717) is 17.8 Å². The van der Waals surface area contributed by atoms with Crippen molar-refractivity contribution >= 4 is 23.1 Å². The molecule has 1 aromatic carbocycles. The standard InChI is InChI=1S/C15H15N3OS/c1-11-7-8-20-14(11)10-18(2)15(19)17-13-5-3-12(9-16)4-6-13/h3-8H,10H2,1-2H3,(H,17,19). The Labute approximate surface area is 122 Å². The van der Waals surface area contributed by atoms with Crippen LogP contribution >= 0.6 is 11.3 Å². The maximum atomic E-state index is 12.1. The molecule has 1 aromatic heterocycles. The van der Waals surface area contributed by atoms with Crippen molar-refractivity contribution in [3.63, 3.8) is 0 Å². The molecular formula is C15H15N3OS. The molecular weight excluding hydrogens is 270 g/mol. The Kier molecular flexibility index (Phi) is 4.38. The monoisotopic (exact) mass is 285 g/mol. The van der Waals surface area contributed by atoms with Gasteiger partial charge in [0.15, 0.2) is 0 Å². The van der Waals surface area contributed by atoms with Crippen molar-refractivity contribution in [1.29, 1.82) is 5.26 Å². The van der Waals surface area contributed by atoms with E-state index in [2.05, 4.69) is 5.32 Å². The summed E-state index contributed by atoms with van der Waals surface area (Å²) in [5.41, 5.74) is 2.46. The Morgan fingerprint density at radius 2 is 2.05 bits per heavy atom. The number of nitrogens with one attached hydrogen (secondary N) is 1. The lowest BCUT2D eigenvalue weighted by molar-refractivity contribution is 0.221. The van der Waals surface area contributed by atoms with Gasteiger partial charge in [0.25, 0.3) is 0 Å². The minimum Gasteiger partial charge on any atom is -0.322 e. The van der Waals surface area contributed by atoms with Crippen LogP contribution in [0.25, 0.3) is 0 Å². The van der Waals surface area contributed by atoms with Crippen LogP contribution in [-0.2, 0) is 6.54 Å². The van der Waals surface area contributed by atoms with Gasteiger partial charge < -0.3 is 10.2 Å². The molecule has 0 spiro atoms. The molecule has 0 saturated carbocycles. The Morgan fingerprint density at radius 3 is 2.60 bits per heavy atom. The van der Waals surface area contributed by atoms with Gasteiger partial charge in [0, 0.05) is 17.6 Å². The molecule has 20 heavy (non-hydrogen) atoms. The molecule has 2 rings (SSSR count). The molecule has 1 heterocycles. The lowest BCUT2D eigenvalue weighted by Crippen LogP contribution is -2.30. The second kappa shape index (κ2) is 6.22. The van der Waals surface area contributed by atoms with Gasteiger partial charge in [-0.3, -0.25) is 0 Å². The number of benzene rings is 1. The number of aryl methyl sites for hydroxylation is 1. The second-order valence-corrected chi connectivity index (χ2v) is 5.50. The summed E-state index contributed by atoms with van der Waals surface area (Å²) in [6.45, 7) is 2.63. The van der Waals surface area contributed by atoms with E-state index in [9.17, 15) is 4.79 Å².